The van der Waals surface area contributed by atoms with Gasteiger partial charge in [-0.05, 0) is 23.8 Å². The number of ether oxygens (including phenoxy) is 1. The van der Waals surface area contributed by atoms with Crippen LogP contribution >= 0.6 is 0 Å². The van der Waals surface area contributed by atoms with Crippen LogP contribution in [-0.2, 0) is 6.54 Å². The lowest BCUT2D eigenvalue weighted by molar-refractivity contribution is 0.414. The van der Waals surface area contributed by atoms with E-state index in [-0.39, 0.29) is 12.1 Å². The lowest BCUT2D eigenvalue weighted by Crippen LogP contribution is -2.35. The summed E-state index contributed by atoms with van der Waals surface area (Å²) in [7, 11) is 1.59. The highest BCUT2D eigenvalue weighted by molar-refractivity contribution is 5.73. The van der Waals surface area contributed by atoms with Gasteiger partial charge >= 0.3 is 5.69 Å². The molecule has 6 nitrogen and oxygen atoms in total. The summed E-state index contributed by atoms with van der Waals surface area (Å²) in [5.74, 6) is 0.731. The van der Waals surface area contributed by atoms with Gasteiger partial charge < -0.3 is 14.7 Å². The molecule has 6 heteroatoms. The van der Waals surface area contributed by atoms with Gasteiger partial charge in [0.05, 0.1) is 19.2 Å². The molecule has 0 amide bonds. The van der Waals surface area contributed by atoms with Crippen LogP contribution in [-0.4, -0.2) is 21.6 Å². The number of nitrogens with one attached hydrogen (secondary N) is 2. The van der Waals surface area contributed by atoms with Crippen molar-refractivity contribution < 1.29 is 4.74 Å². The number of benzene rings is 1. The third-order valence-corrected chi connectivity index (χ3v) is 3.19. The Morgan fingerprint density at radius 3 is 2.60 bits per heavy atom. The molecule has 3 aromatic rings. The average molecular weight is 271 g/mol. The first-order valence-electron chi connectivity index (χ1n) is 6.12. The molecule has 20 heavy (non-hydrogen) atoms. The van der Waals surface area contributed by atoms with Gasteiger partial charge in [0.25, 0.3) is 5.56 Å². The topological polar surface area (TPSA) is 79.9 Å². The number of methoxy groups -OCH3 is 1. The van der Waals surface area contributed by atoms with E-state index in [0.717, 1.165) is 11.3 Å². The number of nitrogens with zero attached hydrogens (tertiary/aromatic N) is 1. The average Bonchev–Trinajstić information content (AvgIpc) is 2.92. The molecule has 0 saturated heterocycles. The SMILES string of the molecule is COc1ccc(Cn2c(=O)[nH]c3cc[nH]c3c2=O)cc1. The fourth-order valence-corrected chi connectivity index (χ4v) is 2.12. The molecule has 0 aliphatic rings. The lowest BCUT2D eigenvalue weighted by Gasteiger charge is -2.06. The molecule has 1 aromatic carbocycles. The number of rotatable bonds is 3. The molecule has 0 bridgehead atoms. The first kappa shape index (κ1) is 12.3. The summed E-state index contributed by atoms with van der Waals surface area (Å²) in [4.78, 5) is 29.7. The van der Waals surface area contributed by atoms with Gasteiger partial charge in [-0.1, -0.05) is 12.1 Å². The van der Waals surface area contributed by atoms with Crippen molar-refractivity contribution in [3.05, 3.63) is 62.9 Å². The van der Waals surface area contributed by atoms with Crippen molar-refractivity contribution in [3.8, 4) is 5.75 Å². The van der Waals surface area contributed by atoms with Crippen molar-refractivity contribution in [2.45, 2.75) is 6.54 Å². The molecule has 102 valence electrons. The highest BCUT2D eigenvalue weighted by atomic mass is 16.5. The van der Waals surface area contributed by atoms with Crippen LogP contribution in [0.4, 0.5) is 0 Å². The van der Waals surface area contributed by atoms with E-state index in [0.29, 0.717) is 11.0 Å². The van der Waals surface area contributed by atoms with Crippen molar-refractivity contribution in [1.29, 1.82) is 0 Å². The zero-order valence-corrected chi connectivity index (χ0v) is 10.8. The van der Waals surface area contributed by atoms with E-state index in [2.05, 4.69) is 9.97 Å². The van der Waals surface area contributed by atoms with E-state index >= 15 is 0 Å². The Bertz CT molecular complexity index is 856. The predicted octanol–water partition coefficient (Wildman–Crippen LogP) is 1.07. The summed E-state index contributed by atoms with van der Waals surface area (Å²) in [6, 6.07) is 8.90. The van der Waals surface area contributed by atoms with Crippen LogP contribution in [0.3, 0.4) is 0 Å². The van der Waals surface area contributed by atoms with Crippen LogP contribution in [0.25, 0.3) is 11.0 Å². The van der Waals surface area contributed by atoms with Crippen LogP contribution < -0.4 is 16.0 Å². The molecule has 0 fully saturated rings. The quantitative estimate of drug-likeness (QED) is 0.748. The molecule has 2 heterocycles. The summed E-state index contributed by atoms with van der Waals surface area (Å²) in [6.07, 6.45) is 1.62. The maximum absolute atomic E-state index is 12.2. The highest BCUT2D eigenvalue weighted by Crippen LogP contribution is 2.11. The van der Waals surface area contributed by atoms with Gasteiger partial charge in [-0.25, -0.2) is 4.79 Å². The third-order valence-electron chi connectivity index (χ3n) is 3.19. The molecule has 0 radical (unpaired) electrons. The van der Waals surface area contributed by atoms with Crippen LogP contribution in [0.2, 0.25) is 0 Å². The lowest BCUT2D eigenvalue weighted by atomic mass is 10.2. The largest absolute Gasteiger partial charge is 0.497 e. The Kier molecular flexibility index (Phi) is 2.90. The number of aromatic amines is 2. The van der Waals surface area contributed by atoms with Crippen molar-refractivity contribution >= 4 is 11.0 Å². The van der Waals surface area contributed by atoms with Crippen LogP contribution in [0.15, 0.2) is 46.1 Å². The molecule has 3 rings (SSSR count). The standard InChI is InChI=1S/C14H13N3O3/c1-20-10-4-2-9(3-5-10)8-17-13(18)12-11(6-7-15-12)16-14(17)19/h2-7,15H,8H2,1H3,(H,16,19). The smallest absolute Gasteiger partial charge is 0.329 e. The zero-order valence-electron chi connectivity index (χ0n) is 10.8. The number of hydrogen-bond acceptors (Lipinski definition) is 3. The van der Waals surface area contributed by atoms with Gasteiger partial charge in [-0.3, -0.25) is 9.36 Å². The maximum Gasteiger partial charge on any atom is 0.329 e. The number of aromatic nitrogens is 3. The first-order chi connectivity index (χ1) is 9.69. The maximum atomic E-state index is 12.2. The molecule has 2 N–H and O–H groups in total. The number of H-pyrrole nitrogens is 2. The van der Waals surface area contributed by atoms with Crippen LogP contribution in [0.5, 0.6) is 5.75 Å². The fourth-order valence-electron chi connectivity index (χ4n) is 2.12. The molecular weight excluding hydrogens is 258 g/mol. The minimum absolute atomic E-state index is 0.215. The minimum Gasteiger partial charge on any atom is -0.497 e. The van der Waals surface area contributed by atoms with Crippen LogP contribution in [0, 0.1) is 0 Å². The molecule has 0 spiro atoms. The van der Waals surface area contributed by atoms with E-state index in [1.807, 2.05) is 12.1 Å². The highest BCUT2D eigenvalue weighted by Gasteiger charge is 2.08. The second-order valence-corrected chi connectivity index (χ2v) is 4.44. The summed E-state index contributed by atoms with van der Waals surface area (Å²) in [6.45, 7) is 0.215. The normalized spacial score (nSPS) is 10.8. The van der Waals surface area contributed by atoms with E-state index in [1.54, 1.807) is 31.5 Å². The van der Waals surface area contributed by atoms with Crippen molar-refractivity contribution in [1.82, 2.24) is 14.5 Å². The van der Waals surface area contributed by atoms with Gasteiger partial charge in [-0.15, -0.1) is 0 Å². The van der Waals surface area contributed by atoms with Crippen molar-refractivity contribution in [2.24, 2.45) is 0 Å². The summed E-state index contributed by atoms with van der Waals surface area (Å²) in [5.41, 5.74) is 1.02. The van der Waals surface area contributed by atoms with Gasteiger partial charge in [0.15, 0.2) is 0 Å². The third kappa shape index (κ3) is 2.01. The second kappa shape index (κ2) is 4.73. The van der Waals surface area contributed by atoms with Gasteiger partial charge in [0.2, 0.25) is 0 Å². The van der Waals surface area contributed by atoms with Gasteiger partial charge in [0.1, 0.15) is 11.3 Å². The second-order valence-electron chi connectivity index (χ2n) is 4.44. The molecule has 2 aromatic heterocycles. The fraction of sp³-hybridized carbons (Fsp3) is 0.143. The monoisotopic (exact) mass is 271 g/mol. The Labute approximate surface area is 113 Å². The van der Waals surface area contributed by atoms with Gasteiger partial charge in [0, 0.05) is 6.20 Å². The molecule has 0 aliphatic carbocycles. The minimum atomic E-state index is -0.419. The zero-order chi connectivity index (χ0) is 14.1. The molecule has 0 aliphatic heterocycles. The molecular formula is C14H13N3O3. The molecule has 0 atom stereocenters. The van der Waals surface area contributed by atoms with E-state index in [4.69, 9.17) is 4.74 Å². The van der Waals surface area contributed by atoms with Crippen molar-refractivity contribution in [3.63, 3.8) is 0 Å². The molecule has 0 unspecified atom stereocenters. The Morgan fingerprint density at radius 1 is 1.15 bits per heavy atom. The van der Waals surface area contributed by atoms with E-state index in [1.165, 1.54) is 4.57 Å². The Hall–Kier alpha value is -2.76. The van der Waals surface area contributed by atoms with E-state index < -0.39 is 5.69 Å². The van der Waals surface area contributed by atoms with Gasteiger partial charge in [-0.2, -0.15) is 0 Å². The Morgan fingerprint density at radius 2 is 1.90 bits per heavy atom. The van der Waals surface area contributed by atoms with E-state index in [9.17, 15) is 9.59 Å². The number of hydrogen-bond donors (Lipinski definition) is 2. The first-order valence-corrected chi connectivity index (χ1v) is 6.12. The summed E-state index contributed by atoms with van der Waals surface area (Å²) in [5, 5.41) is 0. The number of fused-ring (bicyclic) bond motifs is 1. The Balaban J connectivity index is 2.05. The van der Waals surface area contributed by atoms with Crippen LogP contribution in [0.1, 0.15) is 5.56 Å². The molecule has 0 saturated carbocycles. The summed E-state index contributed by atoms with van der Waals surface area (Å²) >= 11 is 0. The predicted molar refractivity (Wildman–Crippen MR) is 75.3 cm³/mol. The van der Waals surface area contributed by atoms with Crippen molar-refractivity contribution in [2.75, 3.05) is 7.11 Å². The summed E-state index contributed by atoms with van der Waals surface area (Å²) < 4.78 is 6.24.